The van der Waals surface area contributed by atoms with Crippen LogP contribution in [0.1, 0.15) is 35.7 Å². The first kappa shape index (κ1) is 16.1. The van der Waals surface area contributed by atoms with Gasteiger partial charge in [-0.05, 0) is 42.5 Å². The van der Waals surface area contributed by atoms with Crippen molar-refractivity contribution in [2.45, 2.75) is 31.6 Å². The summed E-state index contributed by atoms with van der Waals surface area (Å²) in [6.07, 6.45) is 3.16. The first-order valence-electron chi connectivity index (χ1n) is 8.20. The molecule has 1 fully saturated rings. The maximum atomic E-state index is 13.0. The van der Waals surface area contributed by atoms with Gasteiger partial charge in [0.2, 0.25) is 5.78 Å². The zero-order chi connectivity index (χ0) is 17.4. The van der Waals surface area contributed by atoms with Gasteiger partial charge in [0.25, 0.3) is 0 Å². The van der Waals surface area contributed by atoms with Crippen LogP contribution in [0, 0.1) is 5.92 Å². The van der Waals surface area contributed by atoms with E-state index in [4.69, 9.17) is 0 Å². The number of alkyl halides is 3. The Morgan fingerprint density at radius 2 is 2.08 bits per heavy atom. The summed E-state index contributed by atoms with van der Waals surface area (Å²) in [6.45, 7) is 0.487. The van der Waals surface area contributed by atoms with E-state index in [1.165, 1.54) is 12.1 Å². The minimum absolute atomic E-state index is 0.0972. The molecule has 0 aliphatic heterocycles. The third kappa shape index (κ3) is 3.51. The molecule has 1 saturated carbocycles. The van der Waals surface area contributed by atoms with E-state index in [1.807, 2.05) is 22.9 Å². The van der Waals surface area contributed by atoms with E-state index in [2.05, 4.69) is 15.3 Å². The molecule has 0 bridgehead atoms. The summed E-state index contributed by atoms with van der Waals surface area (Å²) in [7, 11) is 0. The molecule has 0 amide bonds. The zero-order valence-corrected chi connectivity index (χ0v) is 13.4. The van der Waals surface area contributed by atoms with E-state index in [-0.39, 0.29) is 6.04 Å². The summed E-state index contributed by atoms with van der Waals surface area (Å²) in [5.74, 6) is 0.986. The predicted octanol–water partition coefficient (Wildman–Crippen LogP) is 3.99. The summed E-state index contributed by atoms with van der Waals surface area (Å²) in [5.41, 5.74) is 0.893. The molecule has 0 radical (unpaired) electrons. The summed E-state index contributed by atoms with van der Waals surface area (Å²) < 4.78 is 40.8. The summed E-state index contributed by atoms with van der Waals surface area (Å²) in [4.78, 5) is 8.60. The largest absolute Gasteiger partial charge is 0.416 e. The van der Waals surface area contributed by atoms with Crippen molar-refractivity contribution in [1.29, 1.82) is 0 Å². The molecule has 1 aliphatic rings. The highest BCUT2D eigenvalue weighted by Crippen LogP contribution is 2.42. The lowest BCUT2D eigenvalue weighted by Gasteiger charge is -2.19. The Bertz CT molecular complexity index is 850. The lowest BCUT2D eigenvalue weighted by atomic mass is 10.00. The van der Waals surface area contributed by atoms with Gasteiger partial charge in [-0.1, -0.05) is 12.1 Å². The SMILES string of the molecule is FC(F)(F)c1cccc([C@H](NCc2cn3cccnc3n2)C2CC2)c1. The fourth-order valence-electron chi connectivity index (χ4n) is 3.07. The van der Waals surface area contributed by atoms with Crippen LogP contribution in [0.2, 0.25) is 0 Å². The minimum Gasteiger partial charge on any atom is -0.304 e. The number of imidazole rings is 1. The average molecular weight is 346 g/mol. The van der Waals surface area contributed by atoms with Crippen molar-refractivity contribution in [3.8, 4) is 0 Å². The molecule has 1 N–H and O–H groups in total. The maximum absolute atomic E-state index is 13.0. The first-order chi connectivity index (χ1) is 12.0. The van der Waals surface area contributed by atoms with Crippen LogP contribution in [0.3, 0.4) is 0 Å². The number of fused-ring (bicyclic) bond motifs is 1. The van der Waals surface area contributed by atoms with Crippen LogP contribution in [-0.4, -0.2) is 14.4 Å². The normalized spacial score (nSPS) is 16.3. The lowest BCUT2D eigenvalue weighted by molar-refractivity contribution is -0.137. The van der Waals surface area contributed by atoms with Gasteiger partial charge in [0, 0.05) is 31.2 Å². The van der Waals surface area contributed by atoms with Crippen LogP contribution in [0.15, 0.2) is 48.9 Å². The van der Waals surface area contributed by atoms with Crippen molar-refractivity contribution < 1.29 is 13.2 Å². The van der Waals surface area contributed by atoms with Gasteiger partial charge in [-0.2, -0.15) is 13.2 Å². The summed E-state index contributed by atoms with van der Waals surface area (Å²) in [6, 6.07) is 7.32. The number of hydrogen-bond donors (Lipinski definition) is 1. The van der Waals surface area contributed by atoms with Crippen LogP contribution in [0.4, 0.5) is 13.2 Å². The second-order valence-corrected chi connectivity index (χ2v) is 6.38. The molecular formula is C18H17F3N4. The standard InChI is InChI=1S/C18H17F3N4/c19-18(20,21)14-4-1-3-13(9-14)16(12-5-6-12)23-10-15-11-25-8-2-7-22-17(25)24-15/h1-4,7-9,11-12,16,23H,5-6,10H2/t16-/m1/s1. The third-order valence-corrected chi connectivity index (χ3v) is 4.45. The number of nitrogens with one attached hydrogen (secondary N) is 1. The Kier molecular flexibility index (Phi) is 3.95. The molecule has 4 nitrogen and oxygen atoms in total. The van der Waals surface area contributed by atoms with E-state index >= 15 is 0 Å². The van der Waals surface area contributed by atoms with Crippen molar-refractivity contribution in [2.75, 3.05) is 0 Å². The first-order valence-corrected chi connectivity index (χ1v) is 8.20. The molecule has 0 spiro atoms. The van der Waals surface area contributed by atoms with Crippen LogP contribution >= 0.6 is 0 Å². The molecule has 0 unspecified atom stereocenters. The van der Waals surface area contributed by atoms with Crippen molar-refractivity contribution in [3.05, 3.63) is 65.7 Å². The van der Waals surface area contributed by atoms with E-state index in [0.29, 0.717) is 23.8 Å². The molecule has 2 aromatic heterocycles. The van der Waals surface area contributed by atoms with Gasteiger partial charge in [0.1, 0.15) is 0 Å². The minimum atomic E-state index is -4.32. The third-order valence-electron chi connectivity index (χ3n) is 4.45. The molecule has 2 heterocycles. The van der Waals surface area contributed by atoms with Gasteiger partial charge in [-0.25, -0.2) is 9.97 Å². The molecule has 1 atom stereocenters. The number of nitrogens with zero attached hydrogens (tertiary/aromatic N) is 3. The van der Waals surface area contributed by atoms with Gasteiger partial charge in [0.05, 0.1) is 11.3 Å². The van der Waals surface area contributed by atoms with Crippen molar-refractivity contribution in [2.24, 2.45) is 5.92 Å². The van der Waals surface area contributed by atoms with E-state index in [9.17, 15) is 13.2 Å². The van der Waals surface area contributed by atoms with Crippen LogP contribution in [-0.2, 0) is 12.7 Å². The number of hydrogen-bond acceptors (Lipinski definition) is 3. The quantitative estimate of drug-likeness (QED) is 0.760. The van der Waals surface area contributed by atoms with E-state index < -0.39 is 11.7 Å². The average Bonchev–Trinajstić information content (AvgIpc) is 3.33. The molecule has 3 aromatic rings. The Morgan fingerprint density at radius 3 is 2.80 bits per heavy atom. The highest BCUT2D eigenvalue weighted by Gasteiger charge is 2.35. The van der Waals surface area contributed by atoms with E-state index in [1.54, 1.807) is 12.3 Å². The highest BCUT2D eigenvalue weighted by molar-refractivity contribution is 5.31. The van der Waals surface area contributed by atoms with Crippen LogP contribution in [0.5, 0.6) is 0 Å². The van der Waals surface area contributed by atoms with Crippen molar-refractivity contribution in [3.63, 3.8) is 0 Å². The number of halogens is 3. The summed E-state index contributed by atoms with van der Waals surface area (Å²) >= 11 is 0. The van der Waals surface area contributed by atoms with Gasteiger partial charge in [-0.3, -0.25) is 4.40 Å². The Morgan fingerprint density at radius 1 is 1.24 bits per heavy atom. The van der Waals surface area contributed by atoms with Crippen molar-refractivity contribution >= 4 is 5.78 Å². The Hall–Kier alpha value is -2.41. The number of aromatic nitrogens is 3. The topological polar surface area (TPSA) is 42.2 Å². The molecule has 0 saturated heterocycles. The highest BCUT2D eigenvalue weighted by atomic mass is 19.4. The predicted molar refractivity (Wildman–Crippen MR) is 86.7 cm³/mol. The second-order valence-electron chi connectivity index (χ2n) is 6.38. The van der Waals surface area contributed by atoms with Gasteiger partial charge in [0.15, 0.2) is 0 Å². The van der Waals surface area contributed by atoms with Gasteiger partial charge < -0.3 is 5.32 Å². The Labute approximate surface area is 142 Å². The summed E-state index contributed by atoms with van der Waals surface area (Å²) in [5, 5.41) is 3.38. The molecule has 4 rings (SSSR count). The maximum Gasteiger partial charge on any atom is 0.416 e. The molecule has 130 valence electrons. The molecule has 1 aromatic carbocycles. The smallest absolute Gasteiger partial charge is 0.304 e. The molecular weight excluding hydrogens is 329 g/mol. The number of rotatable bonds is 5. The van der Waals surface area contributed by atoms with Crippen LogP contribution < -0.4 is 5.32 Å². The zero-order valence-electron chi connectivity index (χ0n) is 13.4. The number of benzene rings is 1. The second kappa shape index (κ2) is 6.15. The molecule has 1 aliphatic carbocycles. The molecule has 7 heteroatoms. The van der Waals surface area contributed by atoms with Gasteiger partial charge in [-0.15, -0.1) is 0 Å². The van der Waals surface area contributed by atoms with E-state index in [0.717, 1.165) is 24.6 Å². The fourth-order valence-corrected chi connectivity index (χ4v) is 3.07. The monoisotopic (exact) mass is 346 g/mol. The fraction of sp³-hybridized carbons (Fsp3) is 0.333. The van der Waals surface area contributed by atoms with Crippen molar-refractivity contribution in [1.82, 2.24) is 19.7 Å². The van der Waals surface area contributed by atoms with Gasteiger partial charge >= 0.3 is 6.18 Å². The molecule has 25 heavy (non-hydrogen) atoms. The van der Waals surface area contributed by atoms with Crippen LogP contribution in [0.25, 0.3) is 5.78 Å². The Balaban J connectivity index is 1.54. The lowest BCUT2D eigenvalue weighted by Crippen LogP contribution is -2.23.